The standard InChI is InChI=1S/C21H13F6NO4/c22-20(23,24)12-8-9-15(19(30)28-13-4-3-5-14(29)11-13)18(10-12)31-16-6-1-2-7-17(16)32-21(25,26)27/h1-4,6-11H,5H2,(H,28,30). The van der Waals surface area contributed by atoms with Crippen LogP contribution < -0.4 is 14.8 Å². The second-order valence-corrected chi connectivity index (χ2v) is 6.43. The maximum atomic E-state index is 13.2. The van der Waals surface area contributed by atoms with E-state index in [9.17, 15) is 35.9 Å². The molecule has 5 nitrogen and oxygen atoms in total. The Kier molecular flexibility index (Phi) is 6.28. The first kappa shape index (κ1) is 22.9. The summed E-state index contributed by atoms with van der Waals surface area (Å²) in [6.07, 6.45) is -5.72. The van der Waals surface area contributed by atoms with Crippen LogP contribution in [0.1, 0.15) is 22.3 Å². The summed E-state index contributed by atoms with van der Waals surface area (Å²) in [4.78, 5) is 24.1. The van der Waals surface area contributed by atoms with Crippen LogP contribution in [0.3, 0.4) is 0 Å². The molecule has 0 spiro atoms. The van der Waals surface area contributed by atoms with Crippen LogP contribution >= 0.6 is 0 Å². The number of alkyl halides is 6. The van der Waals surface area contributed by atoms with Gasteiger partial charge in [-0.05, 0) is 36.4 Å². The number of allylic oxidation sites excluding steroid dienone is 3. The van der Waals surface area contributed by atoms with E-state index in [2.05, 4.69) is 10.1 Å². The van der Waals surface area contributed by atoms with Gasteiger partial charge < -0.3 is 14.8 Å². The number of carbonyl (C=O) groups is 2. The van der Waals surface area contributed by atoms with Crippen molar-refractivity contribution in [2.45, 2.75) is 19.0 Å². The number of benzene rings is 2. The first-order valence-electron chi connectivity index (χ1n) is 8.89. The lowest BCUT2D eigenvalue weighted by molar-refractivity contribution is -0.275. The van der Waals surface area contributed by atoms with E-state index in [-0.39, 0.29) is 17.9 Å². The summed E-state index contributed by atoms with van der Waals surface area (Å²) in [5.74, 6) is -3.28. The average Bonchev–Trinajstić information content (AvgIpc) is 2.67. The van der Waals surface area contributed by atoms with Crippen molar-refractivity contribution in [3.8, 4) is 17.2 Å². The molecule has 3 rings (SSSR count). The van der Waals surface area contributed by atoms with Gasteiger partial charge in [0.2, 0.25) is 0 Å². The van der Waals surface area contributed by atoms with Gasteiger partial charge in [0.25, 0.3) is 5.91 Å². The van der Waals surface area contributed by atoms with Crippen molar-refractivity contribution in [2.75, 3.05) is 0 Å². The molecule has 0 atom stereocenters. The van der Waals surface area contributed by atoms with Gasteiger partial charge in [-0.2, -0.15) is 13.2 Å². The fourth-order valence-electron chi connectivity index (χ4n) is 2.69. The van der Waals surface area contributed by atoms with E-state index in [4.69, 9.17) is 4.74 Å². The first-order valence-corrected chi connectivity index (χ1v) is 8.89. The Labute approximate surface area is 176 Å². The highest BCUT2D eigenvalue weighted by atomic mass is 19.4. The van der Waals surface area contributed by atoms with Crippen LogP contribution in [0.5, 0.6) is 17.2 Å². The second-order valence-electron chi connectivity index (χ2n) is 6.43. The van der Waals surface area contributed by atoms with Gasteiger partial charge in [0.1, 0.15) is 5.75 Å². The van der Waals surface area contributed by atoms with E-state index in [0.717, 1.165) is 24.3 Å². The molecule has 168 valence electrons. The Balaban J connectivity index is 1.99. The lowest BCUT2D eigenvalue weighted by Gasteiger charge is -2.17. The molecule has 1 aliphatic rings. The number of rotatable bonds is 5. The lowest BCUT2D eigenvalue weighted by Crippen LogP contribution is -2.24. The number of halogens is 6. The van der Waals surface area contributed by atoms with Crippen LogP contribution in [0.25, 0.3) is 0 Å². The molecule has 2 aromatic rings. The maximum absolute atomic E-state index is 13.2. The van der Waals surface area contributed by atoms with Crippen LogP contribution in [0.2, 0.25) is 0 Å². The van der Waals surface area contributed by atoms with Gasteiger partial charge in [0.05, 0.1) is 11.1 Å². The average molecular weight is 457 g/mol. The molecular weight excluding hydrogens is 444 g/mol. The molecule has 32 heavy (non-hydrogen) atoms. The fourth-order valence-corrected chi connectivity index (χ4v) is 2.69. The number of hydrogen-bond acceptors (Lipinski definition) is 4. The Hall–Kier alpha value is -3.76. The normalized spacial score (nSPS) is 14.1. The third-order valence-corrected chi connectivity index (χ3v) is 4.04. The Morgan fingerprint density at radius 3 is 2.25 bits per heavy atom. The van der Waals surface area contributed by atoms with E-state index in [1.165, 1.54) is 24.3 Å². The smallest absolute Gasteiger partial charge is 0.453 e. The van der Waals surface area contributed by atoms with E-state index in [1.54, 1.807) is 0 Å². The number of amides is 1. The summed E-state index contributed by atoms with van der Waals surface area (Å²) in [7, 11) is 0. The van der Waals surface area contributed by atoms with Crippen molar-refractivity contribution in [2.24, 2.45) is 0 Å². The molecule has 0 unspecified atom stereocenters. The number of ketones is 1. The van der Waals surface area contributed by atoms with Crippen LogP contribution in [0, 0.1) is 0 Å². The molecule has 1 amide bonds. The van der Waals surface area contributed by atoms with Gasteiger partial charge in [-0.3, -0.25) is 9.59 Å². The quantitative estimate of drug-likeness (QED) is 0.599. The molecule has 0 saturated carbocycles. The third-order valence-electron chi connectivity index (χ3n) is 4.04. The van der Waals surface area contributed by atoms with Gasteiger partial charge in [0, 0.05) is 18.2 Å². The molecule has 11 heteroatoms. The van der Waals surface area contributed by atoms with Crippen molar-refractivity contribution >= 4 is 11.7 Å². The molecule has 0 heterocycles. The third kappa shape index (κ3) is 5.90. The summed E-state index contributed by atoms with van der Waals surface area (Å²) < 4.78 is 86.6. The summed E-state index contributed by atoms with van der Waals surface area (Å²) in [5, 5.41) is 2.34. The van der Waals surface area contributed by atoms with E-state index < -0.39 is 46.8 Å². The second kappa shape index (κ2) is 8.77. The number of nitrogens with one attached hydrogen (secondary N) is 1. The molecule has 0 radical (unpaired) electrons. The zero-order valence-corrected chi connectivity index (χ0v) is 15.9. The van der Waals surface area contributed by atoms with Gasteiger partial charge in [-0.15, -0.1) is 13.2 Å². The number of ether oxygens (including phenoxy) is 2. The molecule has 0 aromatic heterocycles. The van der Waals surface area contributed by atoms with Crippen LogP contribution in [0.15, 0.2) is 66.4 Å². The van der Waals surface area contributed by atoms with Crippen LogP contribution in [-0.2, 0) is 11.0 Å². The van der Waals surface area contributed by atoms with Crippen molar-refractivity contribution in [3.63, 3.8) is 0 Å². The molecule has 1 aliphatic carbocycles. The first-order chi connectivity index (χ1) is 14.9. The maximum Gasteiger partial charge on any atom is 0.573 e. The fraction of sp³-hybridized carbons (Fsp3) is 0.143. The van der Waals surface area contributed by atoms with Gasteiger partial charge >= 0.3 is 12.5 Å². The Morgan fingerprint density at radius 2 is 1.62 bits per heavy atom. The Bertz CT molecular complexity index is 1100. The summed E-state index contributed by atoms with van der Waals surface area (Å²) >= 11 is 0. The molecule has 2 aromatic carbocycles. The number of hydrogen-bond donors (Lipinski definition) is 1. The summed E-state index contributed by atoms with van der Waals surface area (Å²) in [6.45, 7) is 0. The highest BCUT2D eigenvalue weighted by Gasteiger charge is 2.34. The number of para-hydroxylation sites is 2. The van der Waals surface area contributed by atoms with Crippen LogP contribution in [-0.4, -0.2) is 18.1 Å². The molecule has 0 fully saturated rings. The van der Waals surface area contributed by atoms with Crippen molar-refractivity contribution in [3.05, 3.63) is 77.5 Å². The van der Waals surface area contributed by atoms with E-state index in [1.807, 2.05) is 0 Å². The summed E-state index contributed by atoms with van der Waals surface area (Å²) in [5.41, 5.74) is -1.50. The molecule has 1 N–H and O–H groups in total. The van der Waals surface area contributed by atoms with Gasteiger partial charge in [-0.1, -0.05) is 18.2 Å². The Morgan fingerprint density at radius 1 is 0.938 bits per heavy atom. The zero-order chi connectivity index (χ0) is 23.5. The largest absolute Gasteiger partial charge is 0.573 e. The van der Waals surface area contributed by atoms with E-state index >= 15 is 0 Å². The van der Waals surface area contributed by atoms with Gasteiger partial charge in [-0.25, -0.2) is 0 Å². The minimum atomic E-state index is -5.08. The monoisotopic (exact) mass is 457 g/mol. The van der Waals surface area contributed by atoms with Crippen molar-refractivity contribution in [1.29, 1.82) is 0 Å². The van der Waals surface area contributed by atoms with Crippen LogP contribution in [0.4, 0.5) is 26.3 Å². The van der Waals surface area contributed by atoms with Crippen molar-refractivity contribution < 1.29 is 45.4 Å². The molecule has 0 bridgehead atoms. The molecular formula is C21H13F6NO4. The minimum absolute atomic E-state index is 0.0953. The number of carbonyl (C=O) groups excluding carboxylic acids is 2. The highest BCUT2D eigenvalue weighted by molar-refractivity contribution is 6.00. The SMILES string of the molecule is O=C1C=C(NC(=O)c2ccc(C(F)(F)F)cc2Oc2ccccc2OC(F)(F)F)C=CC1. The molecule has 0 saturated heterocycles. The lowest BCUT2D eigenvalue weighted by atomic mass is 10.1. The minimum Gasteiger partial charge on any atom is -0.453 e. The zero-order valence-electron chi connectivity index (χ0n) is 15.9. The predicted octanol–water partition coefficient (Wildman–Crippen LogP) is 5.54. The van der Waals surface area contributed by atoms with E-state index in [0.29, 0.717) is 12.1 Å². The van der Waals surface area contributed by atoms with Gasteiger partial charge in [0.15, 0.2) is 17.3 Å². The highest BCUT2D eigenvalue weighted by Crippen LogP contribution is 2.39. The summed E-state index contributed by atoms with van der Waals surface area (Å²) in [6, 6.07) is 6.33. The molecule has 0 aliphatic heterocycles. The van der Waals surface area contributed by atoms with Crippen molar-refractivity contribution in [1.82, 2.24) is 5.32 Å². The topological polar surface area (TPSA) is 64.6 Å². The predicted molar refractivity (Wildman–Crippen MR) is 99.0 cm³/mol.